The highest BCUT2D eigenvalue weighted by Gasteiger charge is 2.55. The van der Waals surface area contributed by atoms with Crippen LogP contribution in [0.5, 0.6) is 0 Å². The molecule has 6 aromatic rings. The number of fused-ring (bicyclic) bond motifs is 1. The molecule has 2 atom stereocenters. The lowest BCUT2D eigenvalue weighted by Crippen LogP contribution is -2.71. The third-order valence-electron chi connectivity index (χ3n) is 9.74. The van der Waals surface area contributed by atoms with Crippen LogP contribution < -0.4 is 32.1 Å². The van der Waals surface area contributed by atoms with Crippen LogP contribution in [0.25, 0.3) is 5.69 Å². The van der Waals surface area contributed by atoms with Gasteiger partial charge in [0, 0.05) is 12.1 Å². The quantitative estimate of drug-likeness (QED) is 0.185. The maximum atomic E-state index is 14.5. The van der Waals surface area contributed by atoms with Crippen LogP contribution in [-0.2, 0) is 6.54 Å². The van der Waals surface area contributed by atoms with Gasteiger partial charge >= 0.3 is 11.4 Å². The maximum Gasteiger partial charge on any atom is 0.352 e. The first-order valence-corrected chi connectivity index (χ1v) is 20.9. The third-order valence-corrected chi connectivity index (χ3v) is 18.5. The fourth-order valence-electron chi connectivity index (χ4n) is 7.69. The highest BCUT2D eigenvalue weighted by molar-refractivity contribution is 7.12. The molecule has 0 unspecified atom stereocenters. The lowest BCUT2D eigenvalue weighted by Gasteiger charge is -2.42. The predicted octanol–water partition coefficient (Wildman–Crippen LogP) is 4.51. The average Bonchev–Trinajstić information content (AvgIpc) is 3.57. The van der Waals surface area contributed by atoms with E-state index in [1.54, 1.807) is 4.68 Å². The number of nitrogens with zero attached hydrogens (tertiary/aromatic N) is 3. The van der Waals surface area contributed by atoms with Gasteiger partial charge in [0.05, 0.1) is 19.8 Å². The van der Waals surface area contributed by atoms with Crippen molar-refractivity contribution < 1.29 is 0 Å². The molecule has 7 heteroatoms. The molecule has 45 heavy (non-hydrogen) atoms. The van der Waals surface area contributed by atoms with Crippen molar-refractivity contribution in [1.82, 2.24) is 13.9 Å². The first-order valence-electron chi connectivity index (χ1n) is 15.6. The molecule has 0 saturated carbocycles. The van der Waals surface area contributed by atoms with Gasteiger partial charge in [0.1, 0.15) is 0 Å². The number of hydrogen-bond donors (Lipinski definition) is 0. The predicted molar refractivity (Wildman–Crippen MR) is 189 cm³/mol. The smallest absolute Gasteiger partial charge is 0.246 e. The second-order valence-corrected chi connectivity index (χ2v) is 21.5. The number of para-hydroxylation sites is 1. The molecule has 7 rings (SSSR count). The second-order valence-electron chi connectivity index (χ2n) is 12.7. The highest BCUT2D eigenvalue weighted by Crippen LogP contribution is 2.43. The van der Waals surface area contributed by atoms with Crippen LogP contribution in [0, 0.1) is 0 Å². The molecule has 5 nitrogen and oxygen atoms in total. The SMILES string of the molecule is C[Si](C)(C[C@@H]1[C@@H]([Si](c2ccccc2)(c2ccccc2)c2ccccc2)Cn2c(=O)n(-c3ccccc3)c(=O)n21)c1ccccc1. The Hall–Kier alpha value is -4.73. The topological polar surface area (TPSA) is 48.9 Å². The minimum atomic E-state index is -2.87. The Morgan fingerprint density at radius 3 is 1.40 bits per heavy atom. The van der Waals surface area contributed by atoms with Gasteiger partial charge in [-0.3, -0.25) is 0 Å². The van der Waals surface area contributed by atoms with Crippen molar-refractivity contribution >= 4 is 36.9 Å². The first kappa shape index (κ1) is 29.0. The van der Waals surface area contributed by atoms with Gasteiger partial charge < -0.3 is 0 Å². The van der Waals surface area contributed by atoms with Crippen LogP contribution in [0.2, 0.25) is 24.7 Å². The Bertz CT molecular complexity index is 1920. The molecular formula is C38H37N3O2Si2. The summed E-state index contributed by atoms with van der Waals surface area (Å²) in [6.45, 7) is 5.27. The molecule has 0 amide bonds. The van der Waals surface area contributed by atoms with Crippen LogP contribution in [0.4, 0.5) is 0 Å². The molecule has 0 radical (unpaired) electrons. The van der Waals surface area contributed by atoms with Gasteiger partial charge in [-0.05, 0) is 33.7 Å². The van der Waals surface area contributed by atoms with Crippen LogP contribution in [0.1, 0.15) is 6.04 Å². The fraction of sp³-hybridized carbons (Fsp3) is 0.158. The molecule has 0 spiro atoms. The van der Waals surface area contributed by atoms with Gasteiger partial charge in [-0.15, -0.1) is 0 Å². The second kappa shape index (κ2) is 11.6. The number of benzene rings is 5. The summed E-state index contributed by atoms with van der Waals surface area (Å²) in [5.74, 6) is 0. The van der Waals surface area contributed by atoms with Crippen LogP contribution in [0.15, 0.2) is 161 Å². The van der Waals surface area contributed by atoms with Crippen molar-refractivity contribution in [3.8, 4) is 5.69 Å². The van der Waals surface area contributed by atoms with Crippen molar-refractivity contribution in [1.29, 1.82) is 0 Å². The number of hydrogen-bond acceptors (Lipinski definition) is 2. The van der Waals surface area contributed by atoms with Crippen molar-refractivity contribution in [2.24, 2.45) is 0 Å². The molecule has 1 aromatic heterocycles. The summed E-state index contributed by atoms with van der Waals surface area (Å²) in [7, 11) is -4.97. The van der Waals surface area contributed by atoms with E-state index in [0.717, 1.165) is 6.04 Å². The number of aromatic nitrogens is 3. The zero-order chi connectivity index (χ0) is 31.0. The Balaban J connectivity index is 1.52. The summed E-state index contributed by atoms with van der Waals surface area (Å²) in [5.41, 5.74) is 0.101. The molecular weight excluding hydrogens is 587 g/mol. The minimum absolute atomic E-state index is 0.0195. The van der Waals surface area contributed by atoms with Crippen molar-refractivity contribution in [2.45, 2.75) is 37.3 Å². The Morgan fingerprint density at radius 1 is 0.556 bits per heavy atom. The molecule has 0 fully saturated rings. The van der Waals surface area contributed by atoms with Gasteiger partial charge in [0.25, 0.3) is 0 Å². The Kier molecular flexibility index (Phi) is 7.51. The van der Waals surface area contributed by atoms with E-state index in [4.69, 9.17) is 0 Å². The molecule has 2 heterocycles. The standard InChI is InChI=1S/C38H37N3O2Si2/c1-44(2,31-20-10-4-11-21-31)29-35-36(28-39-37(42)40(38(43)41(35)39)30-18-8-3-9-19-30)45(32-22-12-5-13-23-32,33-24-14-6-15-25-33)34-26-16-7-17-27-34/h3-27,35-36H,28-29H2,1-2H3/t35-,36+/m1/s1. The molecule has 0 aliphatic carbocycles. The summed E-state index contributed by atoms with van der Waals surface area (Å²) < 4.78 is 4.96. The molecule has 0 bridgehead atoms. The Labute approximate surface area is 265 Å². The maximum absolute atomic E-state index is 14.5. The monoisotopic (exact) mass is 623 g/mol. The van der Waals surface area contributed by atoms with Gasteiger partial charge in [0.15, 0.2) is 8.07 Å². The van der Waals surface area contributed by atoms with E-state index < -0.39 is 16.1 Å². The lowest BCUT2D eigenvalue weighted by molar-refractivity contribution is 0.498. The van der Waals surface area contributed by atoms with E-state index in [-0.39, 0.29) is 23.0 Å². The molecule has 0 saturated heterocycles. The fourth-order valence-corrected chi connectivity index (χ4v) is 16.5. The zero-order valence-electron chi connectivity index (χ0n) is 25.7. The van der Waals surface area contributed by atoms with Gasteiger partial charge in [-0.25, -0.2) is 23.5 Å². The first-order chi connectivity index (χ1) is 21.9. The summed E-state index contributed by atoms with van der Waals surface area (Å²) >= 11 is 0. The van der Waals surface area contributed by atoms with Crippen LogP contribution in [0.3, 0.4) is 0 Å². The highest BCUT2D eigenvalue weighted by atomic mass is 28.3. The van der Waals surface area contributed by atoms with Crippen LogP contribution >= 0.6 is 0 Å². The van der Waals surface area contributed by atoms with E-state index in [1.165, 1.54) is 25.3 Å². The van der Waals surface area contributed by atoms with E-state index >= 15 is 0 Å². The van der Waals surface area contributed by atoms with Crippen LogP contribution in [-0.4, -0.2) is 30.1 Å². The van der Waals surface area contributed by atoms with E-state index in [2.05, 4.69) is 134 Å². The largest absolute Gasteiger partial charge is 0.352 e. The normalized spacial score (nSPS) is 16.4. The minimum Gasteiger partial charge on any atom is -0.246 e. The van der Waals surface area contributed by atoms with E-state index in [9.17, 15) is 9.59 Å². The van der Waals surface area contributed by atoms with Gasteiger partial charge in [0.2, 0.25) is 0 Å². The summed E-state index contributed by atoms with van der Waals surface area (Å²) in [6, 6.07) is 53.3. The van der Waals surface area contributed by atoms with Gasteiger partial charge in [-0.2, -0.15) is 0 Å². The third kappa shape index (κ3) is 4.83. The zero-order valence-corrected chi connectivity index (χ0v) is 27.7. The summed E-state index contributed by atoms with van der Waals surface area (Å²) in [6.07, 6.45) is 0. The van der Waals surface area contributed by atoms with E-state index in [1.807, 2.05) is 35.0 Å². The van der Waals surface area contributed by atoms with Crippen molar-refractivity contribution in [2.75, 3.05) is 0 Å². The van der Waals surface area contributed by atoms with Crippen molar-refractivity contribution in [3.63, 3.8) is 0 Å². The molecule has 224 valence electrons. The Morgan fingerprint density at radius 2 is 0.956 bits per heavy atom. The summed E-state index contributed by atoms with van der Waals surface area (Å²) in [4.78, 5) is 28.8. The number of rotatable bonds is 8. The summed E-state index contributed by atoms with van der Waals surface area (Å²) in [5, 5.41) is 5.22. The van der Waals surface area contributed by atoms with Crippen molar-refractivity contribution in [3.05, 3.63) is 173 Å². The molecule has 1 aliphatic rings. The average molecular weight is 624 g/mol. The lowest BCUT2D eigenvalue weighted by atomic mass is 10.2. The molecule has 5 aromatic carbocycles. The van der Waals surface area contributed by atoms with Gasteiger partial charge in [-0.1, -0.05) is 158 Å². The van der Waals surface area contributed by atoms with E-state index in [0.29, 0.717) is 12.2 Å². The molecule has 0 N–H and O–H groups in total. The molecule has 1 aliphatic heterocycles.